The third-order valence-corrected chi connectivity index (χ3v) is 4.19. The predicted octanol–water partition coefficient (Wildman–Crippen LogP) is 3.30. The number of hydrogen-bond donors (Lipinski definition) is 1. The molecule has 0 fully saturated rings. The van der Waals surface area contributed by atoms with Crippen molar-refractivity contribution in [2.75, 3.05) is 25.0 Å². The molecule has 0 unspecified atom stereocenters. The first-order chi connectivity index (χ1) is 12.7. The van der Waals surface area contributed by atoms with Crippen LogP contribution in [0.15, 0.2) is 59.4 Å². The van der Waals surface area contributed by atoms with Crippen molar-refractivity contribution in [2.45, 2.75) is 13.3 Å². The van der Waals surface area contributed by atoms with Gasteiger partial charge in [-0.25, -0.2) is 0 Å². The maximum absolute atomic E-state index is 12.6. The molecule has 6 nitrogen and oxygen atoms in total. The Morgan fingerprint density at radius 3 is 2.62 bits per heavy atom. The van der Waals surface area contributed by atoms with E-state index in [9.17, 15) is 4.79 Å². The second-order valence-corrected chi connectivity index (χ2v) is 6.07. The molecule has 0 bridgehead atoms. The molecule has 26 heavy (non-hydrogen) atoms. The van der Waals surface area contributed by atoms with Gasteiger partial charge in [-0.1, -0.05) is 23.4 Å². The molecule has 0 saturated carbocycles. The molecule has 0 saturated heterocycles. The number of para-hydroxylation sites is 1. The molecule has 0 aliphatic heterocycles. The number of aryl methyl sites for hydroxylation is 1. The second-order valence-electron chi connectivity index (χ2n) is 6.07. The van der Waals surface area contributed by atoms with Crippen molar-refractivity contribution in [1.29, 1.82) is 0 Å². The third-order valence-electron chi connectivity index (χ3n) is 4.19. The van der Waals surface area contributed by atoms with Crippen LogP contribution in [0.1, 0.15) is 22.5 Å². The largest absolute Gasteiger partial charge is 0.375 e. The maximum atomic E-state index is 12.6. The van der Waals surface area contributed by atoms with Crippen LogP contribution in [0.2, 0.25) is 0 Å². The minimum absolute atomic E-state index is 0.169. The van der Waals surface area contributed by atoms with E-state index in [1.54, 1.807) is 31.5 Å². The molecule has 0 atom stereocenters. The number of carbonyl (C=O) groups is 1. The van der Waals surface area contributed by atoms with Crippen molar-refractivity contribution in [2.24, 2.45) is 0 Å². The van der Waals surface area contributed by atoms with Crippen molar-refractivity contribution < 1.29 is 9.32 Å². The molecule has 2 heterocycles. The summed E-state index contributed by atoms with van der Waals surface area (Å²) in [5.74, 6) is 0.307. The Morgan fingerprint density at radius 2 is 1.88 bits per heavy atom. The van der Waals surface area contributed by atoms with Crippen molar-refractivity contribution in [1.82, 2.24) is 15.5 Å². The van der Waals surface area contributed by atoms with E-state index in [4.69, 9.17) is 4.52 Å². The monoisotopic (exact) mass is 350 g/mol. The summed E-state index contributed by atoms with van der Waals surface area (Å²) >= 11 is 0. The molecule has 0 aliphatic rings. The summed E-state index contributed by atoms with van der Waals surface area (Å²) in [5, 5.41) is 6.91. The Balaban J connectivity index is 1.57. The summed E-state index contributed by atoms with van der Waals surface area (Å²) in [7, 11) is 2.04. The molecule has 1 N–H and O–H groups in total. The van der Waals surface area contributed by atoms with Gasteiger partial charge < -0.3 is 14.7 Å². The smallest absolute Gasteiger partial charge is 0.257 e. The Morgan fingerprint density at radius 1 is 1.15 bits per heavy atom. The van der Waals surface area contributed by atoms with Gasteiger partial charge in [0.15, 0.2) is 5.76 Å². The fourth-order valence-corrected chi connectivity index (χ4v) is 2.76. The zero-order valence-corrected chi connectivity index (χ0v) is 15.0. The molecule has 0 aliphatic carbocycles. The van der Waals surface area contributed by atoms with Gasteiger partial charge in [-0.05, 0) is 37.6 Å². The van der Waals surface area contributed by atoms with Gasteiger partial charge in [-0.15, -0.1) is 0 Å². The molecule has 1 aromatic carbocycles. The second kappa shape index (κ2) is 8.29. The van der Waals surface area contributed by atoms with Crippen LogP contribution < -0.4 is 10.2 Å². The first-order valence-electron chi connectivity index (χ1n) is 8.58. The highest BCUT2D eigenvalue weighted by atomic mass is 16.5. The van der Waals surface area contributed by atoms with Crippen molar-refractivity contribution in [3.63, 3.8) is 0 Å². The highest BCUT2D eigenvalue weighted by Crippen LogP contribution is 2.25. The highest BCUT2D eigenvalue weighted by Gasteiger charge is 2.21. The van der Waals surface area contributed by atoms with Gasteiger partial charge in [0.1, 0.15) is 5.56 Å². The molecule has 3 rings (SSSR count). The number of nitrogens with one attached hydrogen (secondary N) is 1. The molecule has 2 aromatic heterocycles. The minimum Gasteiger partial charge on any atom is -0.375 e. The summed E-state index contributed by atoms with van der Waals surface area (Å²) < 4.78 is 5.36. The lowest BCUT2D eigenvalue weighted by molar-refractivity contribution is 0.0953. The maximum Gasteiger partial charge on any atom is 0.257 e. The molecular formula is C20H22N4O2. The zero-order chi connectivity index (χ0) is 18.4. The molecule has 134 valence electrons. The Kier molecular flexibility index (Phi) is 5.63. The summed E-state index contributed by atoms with van der Waals surface area (Å²) in [6.45, 7) is 3.20. The number of hydrogen-bond acceptors (Lipinski definition) is 5. The highest BCUT2D eigenvalue weighted by molar-refractivity contribution is 6.00. The Hall–Kier alpha value is -3.15. The van der Waals surface area contributed by atoms with E-state index in [1.165, 1.54) is 0 Å². The number of aromatic nitrogens is 2. The standard InChI is InChI=1S/C20H22N4O2/c1-15-18(19(26-23-15)16-9-12-21-13-10-16)20(25)22-11-6-14-24(2)17-7-4-3-5-8-17/h3-5,7-10,12-13H,6,11,14H2,1-2H3,(H,22,25). The number of amides is 1. The number of rotatable bonds is 7. The van der Waals surface area contributed by atoms with Gasteiger partial charge in [-0.3, -0.25) is 9.78 Å². The zero-order valence-electron chi connectivity index (χ0n) is 15.0. The summed E-state index contributed by atoms with van der Waals surface area (Å²) in [4.78, 5) is 18.7. The predicted molar refractivity (Wildman–Crippen MR) is 101 cm³/mol. The van der Waals surface area contributed by atoms with E-state index in [0.717, 1.165) is 24.2 Å². The van der Waals surface area contributed by atoms with Crippen LogP contribution in [0.25, 0.3) is 11.3 Å². The average molecular weight is 350 g/mol. The van der Waals surface area contributed by atoms with Gasteiger partial charge in [0, 0.05) is 43.8 Å². The van der Waals surface area contributed by atoms with Gasteiger partial charge >= 0.3 is 0 Å². The summed E-state index contributed by atoms with van der Waals surface area (Å²) in [5.41, 5.74) is 3.01. The van der Waals surface area contributed by atoms with Crippen LogP contribution in [0.5, 0.6) is 0 Å². The number of benzene rings is 1. The third kappa shape index (κ3) is 4.08. The Bertz CT molecular complexity index is 847. The minimum atomic E-state index is -0.169. The quantitative estimate of drug-likeness (QED) is 0.662. The molecule has 1 amide bonds. The van der Waals surface area contributed by atoms with Crippen molar-refractivity contribution >= 4 is 11.6 Å². The van der Waals surface area contributed by atoms with Crippen LogP contribution >= 0.6 is 0 Å². The normalized spacial score (nSPS) is 10.5. The van der Waals surface area contributed by atoms with Crippen LogP contribution in [0, 0.1) is 6.92 Å². The van der Waals surface area contributed by atoms with Gasteiger partial charge in [0.05, 0.1) is 5.69 Å². The SMILES string of the molecule is Cc1noc(-c2ccncc2)c1C(=O)NCCCN(C)c1ccccc1. The van der Waals surface area contributed by atoms with Crippen LogP contribution in [0.4, 0.5) is 5.69 Å². The molecule has 6 heteroatoms. The van der Waals surface area contributed by atoms with Crippen LogP contribution in [-0.2, 0) is 0 Å². The lowest BCUT2D eigenvalue weighted by Gasteiger charge is -2.19. The summed E-state index contributed by atoms with van der Waals surface area (Å²) in [6, 6.07) is 13.8. The average Bonchev–Trinajstić information content (AvgIpc) is 3.08. The molecule has 0 radical (unpaired) electrons. The van der Waals surface area contributed by atoms with E-state index >= 15 is 0 Å². The van der Waals surface area contributed by atoms with E-state index in [-0.39, 0.29) is 5.91 Å². The van der Waals surface area contributed by atoms with E-state index in [1.807, 2.05) is 25.2 Å². The number of carbonyl (C=O) groups excluding carboxylic acids is 1. The number of pyridine rings is 1. The first-order valence-corrected chi connectivity index (χ1v) is 8.58. The molecular weight excluding hydrogens is 328 g/mol. The number of anilines is 1. The van der Waals surface area contributed by atoms with Crippen molar-refractivity contribution in [3.8, 4) is 11.3 Å². The van der Waals surface area contributed by atoms with Gasteiger partial charge in [0.2, 0.25) is 0 Å². The first kappa shape index (κ1) is 17.7. The van der Waals surface area contributed by atoms with E-state index < -0.39 is 0 Å². The lowest BCUT2D eigenvalue weighted by Crippen LogP contribution is -2.28. The van der Waals surface area contributed by atoms with Crippen LogP contribution in [0.3, 0.4) is 0 Å². The molecule has 0 spiro atoms. The Labute approximate surface area is 152 Å². The number of nitrogens with zero attached hydrogens (tertiary/aromatic N) is 3. The fourth-order valence-electron chi connectivity index (χ4n) is 2.76. The fraction of sp³-hybridized carbons (Fsp3) is 0.250. The lowest BCUT2D eigenvalue weighted by atomic mass is 10.1. The van der Waals surface area contributed by atoms with E-state index in [0.29, 0.717) is 23.6 Å². The van der Waals surface area contributed by atoms with Gasteiger partial charge in [-0.2, -0.15) is 0 Å². The summed E-state index contributed by atoms with van der Waals surface area (Å²) in [6.07, 6.45) is 4.16. The van der Waals surface area contributed by atoms with Gasteiger partial charge in [0.25, 0.3) is 5.91 Å². The van der Waals surface area contributed by atoms with Crippen molar-refractivity contribution in [3.05, 3.63) is 66.1 Å². The van der Waals surface area contributed by atoms with Crippen LogP contribution in [-0.4, -0.2) is 36.2 Å². The van der Waals surface area contributed by atoms with E-state index in [2.05, 4.69) is 32.5 Å². The molecule has 3 aromatic rings. The topological polar surface area (TPSA) is 71.3 Å².